The van der Waals surface area contributed by atoms with Crippen molar-refractivity contribution in [3.63, 3.8) is 0 Å². The van der Waals surface area contributed by atoms with E-state index in [0.29, 0.717) is 11.5 Å². The molecule has 0 N–H and O–H groups in total. The van der Waals surface area contributed by atoms with E-state index < -0.39 is 16.7 Å². The van der Waals surface area contributed by atoms with Gasteiger partial charge in [-0.2, -0.15) is 0 Å². The Morgan fingerprint density at radius 2 is 2.00 bits per heavy atom. The number of nitrogens with zero attached hydrogens (tertiary/aromatic N) is 1. The van der Waals surface area contributed by atoms with Gasteiger partial charge in [0.05, 0.1) is 11.5 Å². The summed E-state index contributed by atoms with van der Waals surface area (Å²) in [6.45, 7) is 3.79. The van der Waals surface area contributed by atoms with Gasteiger partial charge in [0, 0.05) is 17.2 Å². The van der Waals surface area contributed by atoms with Crippen molar-refractivity contribution in [3.8, 4) is 0 Å². The zero-order valence-electron chi connectivity index (χ0n) is 13.4. The predicted octanol–water partition coefficient (Wildman–Crippen LogP) is 3.63. The minimum Gasteiger partial charge on any atom is -0.460 e. The standard InChI is InChI=1S/C17H21NO5/c1-3-23-17(20)16(19)12-8-9-14(15(10-12)18(21)22)13-7-5-4-6-11(13)2/h8-11,13H,3-7H2,1-2H3. The van der Waals surface area contributed by atoms with Crippen molar-refractivity contribution < 1.29 is 19.2 Å². The molecule has 1 fully saturated rings. The Morgan fingerprint density at radius 3 is 2.61 bits per heavy atom. The van der Waals surface area contributed by atoms with E-state index in [0.717, 1.165) is 25.7 Å². The number of esters is 1. The monoisotopic (exact) mass is 319 g/mol. The number of ether oxygens (including phenoxy) is 1. The van der Waals surface area contributed by atoms with Crippen LogP contribution in [-0.4, -0.2) is 23.3 Å². The van der Waals surface area contributed by atoms with Gasteiger partial charge in [0.15, 0.2) is 0 Å². The Balaban J connectivity index is 2.37. The van der Waals surface area contributed by atoms with Gasteiger partial charge in [0.2, 0.25) is 0 Å². The van der Waals surface area contributed by atoms with Crippen LogP contribution in [0, 0.1) is 16.0 Å². The number of ketones is 1. The van der Waals surface area contributed by atoms with E-state index in [1.54, 1.807) is 13.0 Å². The molecule has 23 heavy (non-hydrogen) atoms. The molecule has 6 nitrogen and oxygen atoms in total. The lowest BCUT2D eigenvalue weighted by Gasteiger charge is -2.28. The molecule has 0 aromatic heterocycles. The summed E-state index contributed by atoms with van der Waals surface area (Å²) in [5, 5.41) is 11.4. The number of carbonyl (C=O) groups excluding carboxylic acids is 2. The molecule has 6 heteroatoms. The first kappa shape index (κ1) is 17.1. The molecule has 1 aliphatic carbocycles. The van der Waals surface area contributed by atoms with Gasteiger partial charge in [-0.25, -0.2) is 4.79 Å². The molecule has 0 saturated heterocycles. The molecular weight excluding hydrogens is 298 g/mol. The molecular formula is C17H21NO5. The first-order valence-electron chi connectivity index (χ1n) is 7.95. The highest BCUT2D eigenvalue weighted by atomic mass is 16.6. The van der Waals surface area contributed by atoms with E-state index in [2.05, 4.69) is 11.7 Å². The molecule has 0 heterocycles. The summed E-state index contributed by atoms with van der Waals surface area (Å²) >= 11 is 0. The van der Waals surface area contributed by atoms with E-state index in [9.17, 15) is 19.7 Å². The summed E-state index contributed by atoms with van der Waals surface area (Å²) in [7, 11) is 0. The maximum absolute atomic E-state index is 12.0. The van der Waals surface area contributed by atoms with Crippen LogP contribution >= 0.6 is 0 Å². The highest BCUT2D eigenvalue weighted by Gasteiger charge is 2.30. The highest BCUT2D eigenvalue weighted by Crippen LogP contribution is 2.41. The maximum Gasteiger partial charge on any atom is 0.379 e. The number of nitro groups is 1. The van der Waals surface area contributed by atoms with Crippen LogP contribution in [0.1, 0.15) is 61.4 Å². The molecule has 2 atom stereocenters. The average molecular weight is 319 g/mol. The van der Waals surface area contributed by atoms with E-state index in [1.807, 2.05) is 0 Å². The van der Waals surface area contributed by atoms with Crippen molar-refractivity contribution in [1.29, 1.82) is 0 Å². The number of carbonyl (C=O) groups is 2. The zero-order valence-corrected chi connectivity index (χ0v) is 13.4. The van der Waals surface area contributed by atoms with Gasteiger partial charge >= 0.3 is 5.97 Å². The van der Waals surface area contributed by atoms with Crippen molar-refractivity contribution in [1.82, 2.24) is 0 Å². The molecule has 0 spiro atoms. The minimum absolute atomic E-state index is 0.00219. The van der Waals surface area contributed by atoms with Crippen LogP contribution in [0.2, 0.25) is 0 Å². The van der Waals surface area contributed by atoms with Gasteiger partial charge in [-0.3, -0.25) is 14.9 Å². The molecule has 2 rings (SSSR count). The zero-order chi connectivity index (χ0) is 17.0. The number of Topliss-reactive ketones (excluding diaryl/α,β-unsaturated/α-hetero) is 1. The third kappa shape index (κ3) is 3.75. The van der Waals surface area contributed by atoms with E-state index in [4.69, 9.17) is 0 Å². The molecule has 124 valence electrons. The molecule has 0 radical (unpaired) electrons. The van der Waals surface area contributed by atoms with E-state index in [1.165, 1.54) is 12.1 Å². The number of hydrogen-bond donors (Lipinski definition) is 0. The van der Waals surface area contributed by atoms with Crippen LogP contribution in [-0.2, 0) is 9.53 Å². The maximum atomic E-state index is 12.0. The number of benzene rings is 1. The summed E-state index contributed by atoms with van der Waals surface area (Å²) in [4.78, 5) is 34.4. The lowest BCUT2D eigenvalue weighted by atomic mass is 9.76. The second-order valence-corrected chi connectivity index (χ2v) is 5.95. The van der Waals surface area contributed by atoms with Gasteiger partial charge in [0.25, 0.3) is 11.5 Å². The fraction of sp³-hybridized carbons (Fsp3) is 0.529. The molecule has 0 amide bonds. The third-order valence-corrected chi connectivity index (χ3v) is 4.46. The van der Waals surface area contributed by atoms with Crippen LogP contribution in [0.4, 0.5) is 5.69 Å². The van der Waals surface area contributed by atoms with Crippen molar-refractivity contribution in [2.24, 2.45) is 5.92 Å². The van der Waals surface area contributed by atoms with E-state index in [-0.39, 0.29) is 23.8 Å². The van der Waals surface area contributed by atoms with Gasteiger partial charge in [-0.1, -0.05) is 32.3 Å². The van der Waals surface area contributed by atoms with Crippen LogP contribution in [0.3, 0.4) is 0 Å². The largest absolute Gasteiger partial charge is 0.460 e. The molecule has 1 aromatic rings. The fourth-order valence-electron chi connectivity index (χ4n) is 3.25. The molecule has 0 bridgehead atoms. The lowest BCUT2D eigenvalue weighted by Crippen LogP contribution is -2.19. The van der Waals surface area contributed by atoms with Crippen molar-refractivity contribution in [2.75, 3.05) is 6.61 Å². The Labute approximate surface area is 135 Å². The lowest BCUT2D eigenvalue weighted by molar-refractivity contribution is -0.385. The molecule has 1 saturated carbocycles. The fourth-order valence-corrected chi connectivity index (χ4v) is 3.25. The first-order chi connectivity index (χ1) is 11.0. The Kier molecular flexibility index (Phi) is 5.47. The smallest absolute Gasteiger partial charge is 0.379 e. The van der Waals surface area contributed by atoms with Crippen LogP contribution < -0.4 is 0 Å². The summed E-state index contributed by atoms with van der Waals surface area (Å²) in [6.07, 6.45) is 4.15. The number of hydrogen-bond acceptors (Lipinski definition) is 5. The highest BCUT2D eigenvalue weighted by molar-refractivity contribution is 6.40. The topological polar surface area (TPSA) is 86.5 Å². The Hall–Kier alpha value is -2.24. The molecule has 2 unspecified atom stereocenters. The van der Waals surface area contributed by atoms with Gasteiger partial charge in [-0.05, 0) is 31.2 Å². The Morgan fingerprint density at radius 1 is 1.30 bits per heavy atom. The van der Waals surface area contributed by atoms with Gasteiger partial charge in [-0.15, -0.1) is 0 Å². The molecule has 1 aliphatic rings. The van der Waals surface area contributed by atoms with Crippen LogP contribution in [0.25, 0.3) is 0 Å². The SMILES string of the molecule is CCOC(=O)C(=O)c1ccc(C2CCCCC2C)c([N+](=O)[O-])c1. The number of rotatable bonds is 5. The van der Waals surface area contributed by atoms with Crippen molar-refractivity contribution in [2.45, 2.75) is 45.4 Å². The predicted molar refractivity (Wildman–Crippen MR) is 84.4 cm³/mol. The molecule has 1 aromatic carbocycles. The summed E-state index contributed by atoms with van der Waals surface area (Å²) in [5.74, 6) is -1.34. The van der Waals surface area contributed by atoms with Gasteiger partial charge in [0.1, 0.15) is 0 Å². The second kappa shape index (κ2) is 7.35. The Bertz CT molecular complexity index is 625. The minimum atomic E-state index is -0.986. The average Bonchev–Trinajstić information content (AvgIpc) is 2.54. The summed E-state index contributed by atoms with van der Waals surface area (Å²) < 4.78 is 4.66. The normalized spacial score (nSPS) is 20.8. The van der Waals surface area contributed by atoms with Crippen molar-refractivity contribution in [3.05, 3.63) is 39.4 Å². The summed E-state index contributed by atoms with van der Waals surface area (Å²) in [5.41, 5.74) is 0.573. The molecule has 0 aliphatic heterocycles. The quantitative estimate of drug-likeness (QED) is 0.272. The third-order valence-electron chi connectivity index (χ3n) is 4.46. The first-order valence-corrected chi connectivity index (χ1v) is 7.95. The van der Waals surface area contributed by atoms with Crippen LogP contribution in [0.15, 0.2) is 18.2 Å². The van der Waals surface area contributed by atoms with E-state index >= 15 is 0 Å². The number of nitro benzene ring substituents is 1. The van der Waals surface area contributed by atoms with Crippen molar-refractivity contribution >= 4 is 17.4 Å². The second-order valence-electron chi connectivity index (χ2n) is 5.95. The summed E-state index contributed by atoms with van der Waals surface area (Å²) in [6, 6.07) is 4.32. The van der Waals surface area contributed by atoms with Gasteiger partial charge < -0.3 is 4.74 Å². The van der Waals surface area contributed by atoms with Crippen LogP contribution in [0.5, 0.6) is 0 Å².